The lowest BCUT2D eigenvalue weighted by Crippen LogP contribution is -2.05. The first kappa shape index (κ1) is 25.7. The summed E-state index contributed by atoms with van der Waals surface area (Å²) < 4.78 is 54.4. The van der Waals surface area contributed by atoms with Crippen LogP contribution in [0, 0.1) is 18.3 Å². The summed E-state index contributed by atoms with van der Waals surface area (Å²) in [5.41, 5.74) is 2.19. The maximum Gasteiger partial charge on any atom is 0.295 e. The summed E-state index contributed by atoms with van der Waals surface area (Å²) in [7, 11) is -1.91. The van der Waals surface area contributed by atoms with Crippen molar-refractivity contribution < 1.29 is 17.2 Å². The van der Waals surface area contributed by atoms with E-state index in [-0.39, 0.29) is 38.9 Å². The van der Waals surface area contributed by atoms with Crippen molar-refractivity contribution in [1.29, 1.82) is 5.26 Å². The molecule has 0 saturated heterocycles. The lowest BCUT2D eigenvalue weighted by atomic mass is 10.2. The summed E-state index contributed by atoms with van der Waals surface area (Å²) in [5, 5.41) is 15.1. The molecule has 198 valence electrons. The highest BCUT2D eigenvalue weighted by atomic mass is 32.2. The number of H-pyrrole nitrogens is 1. The third kappa shape index (κ3) is 5.12. The van der Waals surface area contributed by atoms with Gasteiger partial charge in [-0.3, -0.25) is 0 Å². The van der Waals surface area contributed by atoms with Crippen LogP contribution in [0.15, 0.2) is 53.6 Å². The SMILES string of the molecule is Cc1cnc(-c2ccc(Nc3cc(Nc4cccc(C#N)n4)nc4[nH]c(C(F)F)nc34)c(S(C)(=O)=O)c2)n1C. The number of hydrogen-bond donors (Lipinski definition) is 3. The van der Waals surface area contributed by atoms with E-state index in [0.717, 1.165) is 11.9 Å². The molecule has 0 aliphatic carbocycles. The van der Waals surface area contributed by atoms with Crippen LogP contribution in [-0.4, -0.2) is 44.2 Å². The number of fused-ring (bicyclic) bond motifs is 1. The number of nitriles is 1. The summed E-state index contributed by atoms with van der Waals surface area (Å²) in [6, 6.07) is 13.0. The minimum Gasteiger partial charge on any atom is -0.352 e. The second kappa shape index (κ2) is 9.76. The first-order chi connectivity index (χ1) is 18.5. The van der Waals surface area contributed by atoms with E-state index < -0.39 is 22.1 Å². The number of anilines is 4. The number of rotatable bonds is 7. The van der Waals surface area contributed by atoms with Gasteiger partial charge in [-0.15, -0.1) is 0 Å². The van der Waals surface area contributed by atoms with Gasteiger partial charge in [-0.05, 0) is 37.3 Å². The molecule has 4 aromatic heterocycles. The third-order valence-electron chi connectivity index (χ3n) is 5.93. The van der Waals surface area contributed by atoms with Gasteiger partial charge in [0.2, 0.25) is 0 Å². The largest absolute Gasteiger partial charge is 0.352 e. The lowest BCUT2D eigenvalue weighted by molar-refractivity contribution is 0.142. The van der Waals surface area contributed by atoms with Crippen LogP contribution in [0.2, 0.25) is 0 Å². The zero-order valence-corrected chi connectivity index (χ0v) is 21.7. The number of alkyl halides is 2. The molecule has 5 rings (SSSR count). The fraction of sp³-hybridized carbons (Fsp3) is 0.160. The molecule has 5 aromatic rings. The first-order valence-corrected chi connectivity index (χ1v) is 13.4. The fourth-order valence-corrected chi connectivity index (χ4v) is 4.81. The zero-order valence-electron chi connectivity index (χ0n) is 20.9. The zero-order chi connectivity index (χ0) is 27.9. The molecule has 0 amide bonds. The van der Waals surface area contributed by atoms with E-state index in [0.29, 0.717) is 17.2 Å². The smallest absolute Gasteiger partial charge is 0.295 e. The number of aromatic amines is 1. The number of halogens is 2. The molecule has 14 heteroatoms. The quantitative estimate of drug-likeness (QED) is 0.261. The highest BCUT2D eigenvalue weighted by Gasteiger charge is 2.21. The average Bonchev–Trinajstić information content (AvgIpc) is 3.47. The molecule has 0 fully saturated rings. The second-order valence-corrected chi connectivity index (χ2v) is 10.7. The summed E-state index contributed by atoms with van der Waals surface area (Å²) in [6.45, 7) is 1.88. The van der Waals surface area contributed by atoms with Gasteiger partial charge < -0.3 is 20.2 Å². The van der Waals surface area contributed by atoms with Crippen molar-refractivity contribution >= 4 is 44.0 Å². The number of aryl methyl sites for hydroxylation is 1. The van der Waals surface area contributed by atoms with Gasteiger partial charge in [-0.2, -0.15) is 5.26 Å². The van der Waals surface area contributed by atoms with Crippen LogP contribution in [0.4, 0.5) is 31.8 Å². The molecular weight excluding hydrogens is 528 g/mol. The van der Waals surface area contributed by atoms with E-state index in [2.05, 4.69) is 35.6 Å². The van der Waals surface area contributed by atoms with Crippen LogP contribution in [0.1, 0.15) is 23.6 Å². The normalized spacial score (nSPS) is 11.6. The van der Waals surface area contributed by atoms with Gasteiger partial charge in [-0.25, -0.2) is 37.1 Å². The predicted octanol–water partition coefficient (Wildman–Crippen LogP) is 4.76. The minimum absolute atomic E-state index is 0.0202. The van der Waals surface area contributed by atoms with Gasteiger partial charge >= 0.3 is 0 Å². The molecule has 0 atom stereocenters. The third-order valence-corrected chi connectivity index (χ3v) is 7.06. The first-order valence-electron chi connectivity index (χ1n) is 11.5. The molecule has 0 spiro atoms. The molecule has 0 aliphatic heterocycles. The van der Waals surface area contributed by atoms with Gasteiger partial charge in [-0.1, -0.05) is 6.07 Å². The molecule has 0 radical (unpaired) electrons. The van der Waals surface area contributed by atoms with Gasteiger partial charge in [0.15, 0.2) is 21.3 Å². The highest BCUT2D eigenvalue weighted by molar-refractivity contribution is 7.90. The minimum atomic E-state index is -3.74. The Balaban J connectivity index is 1.62. The molecule has 1 aromatic carbocycles. The standard InChI is InChI=1S/C25H21F2N9O2S/c1-13-12-29-25(36(13)2)14-7-8-16(18(9-14)39(3,37)38)31-17-10-20(32-19-6-4-5-15(11-28)30-19)33-23-21(17)34-24(35-23)22(26)27/h4-10,12,22H,1-3H3,(H3,30,31,32,33,34,35). The number of hydrogen-bond acceptors (Lipinski definition) is 9. The average molecular weight is 550 g/mol. The molecule has 0 saturated carbocycles. The second-order valence-electron chi connectivity index (χ2n) is 8.71. The number of benzene rings is 1. The number of aromatic nitrogens is 6. The summed E-state index contributed by atoms with van der Waals surface area (Å²) >= 11 is 0. The molecule has 4 heterocycles. The van der Waals surface area contributed by atoms with Gasteiger partial charge in [0.1, 0.15) is 34.7 Å². The Kier molecular flexibility index (Phi) is 6.44. The van der Waals surface area contributed by atoms with Crippen molar-refractivity contribution in [2.45, 2.75) is 18.2 Å². The Morgan fingerprint density at radius 1 is 1.05 bits per heavy atom. The van der Waals surface area contributed by atoms with E-state index in [4.69, 9.17) is 5.26 Å². The maximum atomic E-state index is 13.5. The number of imidazole rings is 2. The molecule has 11 nitrogen and oxygen atoms in total. The van der Waals surface area contributed by atoms with Crippen LogP contribution in [-0.2, 0) is 16.9 Å². The van der Waals surface area contributed by atoms with Crippen LogP contribution in [0.3, 0.4) is 0 Å². The number of pyridine rings is 2. The molecule has 3 N–H and O–H groups in total. The van der Waals surface area contributed by atoms with Crippen LogP contribution in [0.25, 0.3) is 22.6 Å². The monoisotopic (exact) mass is 549 g/mol. The van der Waals surface area contributed by atoms with Gasteiger partial charge in [0.25, 0.3) is 6.43 Å². The van der Waals surface area contributed by atoms with Crippen molar-refractivity contribution in [2.75, 3.05) is 16.9 Å². The molecule has 0 unspecified atom stereocenters. The lowest BCUT2D eigenvalue weighted by Gasteiger charge is -2.14. The number of sulfone groups is 1. The Hall–Kier alpha value is -4.90. The van der Waals surface area contributed by atoms with E-state index in [1.54, 1.807) is 30.5 Å². The van der Waals surface area contributed by atoms with Crippen LogP contribution in [0.5, 0.6) is 0 Å². The van der Waals surface area contributed by atoms with Crippen LogP contribution < -0.4 is 10.6 Å². The van der Waals surface area contributed by atoms with Crippen molar-refractivity contribution in [1.82, 2.24) is 29.5 Å². The number of nitrogens with one attached hydrogen (secondary N) is 3. The number of nitrogens with zero attached hydrogens (tertiary/aromatic N) is 6. The maximum absolute atomic E-state index is 13.5. The molecule has 39 heavy (non-hydrogen) atoms. The van der Waals surface area contributed by atoms with E-state index in [1.165, 1.54) is 18.2 Å². The molecular formula is C25H21F2N9O2S. The van der Waals surface area contributed by atoms with E-state index in [1.807, 2.05) is 24.6 Å². The van der Waals surface area contributed by atoms with Crippen molar-refractivity contribution in [3.05, 3.63) is 65.9 Å². The van der Waals surface area contributed by atoms with Crippen LogP contribution >= 0.6 is 0 Å². The molecule has 0 bridgehead atoms. The summed E-state index contributed by atoms with van der Waals surface area (Å²) in [6.07, 6.45) is -0.124. The summed E-state index contributed by atoms with van der Waals surface area (Å²) in [4.78, 5) is 19.3. The van der Waals surface area contributed by atoms with Gasteiger partial charge in [0.05, 0.1) is 16.3 Å². The Morgan fingerprint density at radius 3 is 2.51 bits per heavy atom. The Bertz CT molecular complexity index is 1870. The summed E-state index contributed by atoms with van der Waals surface area (Å²) in [5.74, 6) is 0.485. The Morgan fingerprint density at radius 2 is 1.85 bits per heavy atom. The van der Waals surface area contributed by atoms with E-state index >= 15 is 0 Å². The molecule has 0 aliphatic rings. The predicted molar refractivity (Wildman–Crippen MR) is 141 cm³/mol. The van der Waals surface area contributed by atoms with Crippen molar-refractivity contribution in [3.8, 4) is 17.5 Å². The topological polar surface area (TPSA) is 154 Å². The highest BCUT2D eigenvalue weighted by Crippen LogP contribution is 2.34. The Labute approximate surface area is 221 Å². The van der Waals surface area contributed by atoms with Crippen molar-refractivity contribution in [2.24, 2.45) is 7.05 Å². The van der Waals surface area contributed by atoms with E-state index in [9.17, 15) is 17.2 Å². The van der Waals surface area contributed by atoms with Crippen molar-refractivity contribution in [3.63, 3.8) is 0 Å². The van der Waals surface area contributed by atoms with Gasteiger partial charge in [0, 0.05) is 36.8 Å². The fourth-order valence-electron chi connectivity index (χ4n) is 3.95.